The molecule has 0 atom stereocenters. The number of amides is 1. The van der Waals surface area contributed by atoms with Gasteiger partial charge in [0.2, 0.25) is 5.91 Å². The molecule has 0 aromatic carbocycles. The van der Waals surface area contributed by atoms with Gasteiger partial charge in [0.1, 0.15) is 0 Å². The molecule has 0 unspecified atom stereocenters. The topological polar surface area (TPSA) is 41.1 Å². The molecule has 0 rings (SSSR count). The Morgan fingerprint density at radius 2 is 1.81 bits per heavy atom. The van der Waals surface area contributed by atoms with Crippen LogP contribution in [0.4, 0.5) is 13.2 Å². The molecule has 3 nitrogen and oxygen atoms in total. The van der Waals surface area contributed by atoms with Crippen molar-refractivity contribution in [3.63, 3.8) is 0 Å². The zero-order valence-electron chi connectivity index (χ0n) is 9.66. The van der Waals surface area contributed by atoms with Crippen LogP contribution in [0.5, 0.6) is 0 Å². The predicted molar refractivity (Wildman–Crippen MR) is 56.0 cm³/mol. The Kier molecular flexibility index (Phi) is 7.12. The van der Waals surface area contributed by atoms with Gasteiger partial charge in [0.05, 0.1) is 13.1 Å². The molecule has 96 valence electrons. The highest BCUT2D eigenvalue weighted by Crippen LogP contribution is 2.11. The fourth-order valence-electron chi connectivity index (χ4n) is 1.22. The van der Waals surface area contributed by atoms with Gasteiger partial charge < -0.3 is 10.6 Å². The van der Waals surface area contributed by atoms with E-state index in [1.54, 1.807) is 0 Å². The summed E-state index contributed by atoms with van der Waals surface area (Å²) >= 11 is 0. The fraction of sp³-hybridized carbons (Fsp3) is 0.900. The van der Waals surface area contributed by atoms with E-state index >= 15 is 0 Å². The van der Waals surface area contributed by atoms with Crippen molar-refractivity contribution in [3.05, 3.63) is 0 Å². The Bertz CT molecular complexity index is 203. The maximum atomic E-state index is 11.7. The third kappa shape index (κ3) is 8.52. The summed E-state index contributed by atoms with van der Waals surface area (Å²) < 4.78 is 35.2. The molecule has 0 aromatic heterocycles. The van der Waals surface area contributed by atoms with E-state index in [1.165, 1.54) is 0 Å². The molecule has 0 saturated heterocycles. The Hall–Kier alpha value is -0.780. The summed E-state index contributed by atoms with van der Waals surface area (Å²) in [7, 11) is 0. The molecule has 0 aliphatic rings. The summed E-state index contributed by atoms with van der Waals surface area (Å²) in [6.07, 6.45) is -2.37. The first kappa shape index (κ1) is 15.2. The lowest BCUT2D eigenvalue weighted by atomic mass is 10.0. The molecule has 0 saturated carbocycles. The minimum Gasteiger partial charge on any atom is -0.355 e. The molecule has 0 bridgehead atoms. The van der Waals surface area contributed by atoms with E-state index in [0.29, 0.717) is 12.5 Å². The van der Waals surface area contributed by atoms with E-state index in [1.807, 2.05) is 19.2 Å². The lowest BCUT2D eigenvalue weighted by Gasteiger charge is -2.13. The van der Waals surface area contributed by atoms with Crippen LogP contribution in [0, 0.1) is 5.92 Å². The quantitative estimate of drug-likeness (QED) is 0.711. The van der Waals surface area contributed by atoms with E-state index in [9.17, 15) is 18.0 Å². The van der Waals surface area contributed by atoms with Gasteiger partial charge in [-0.25, -0.2) is 0 Å². The predicted octanol–water partition coefficient (Wildman–Crippen LogP) is 1.69. The Morgan fingerprint density at radius 1 is 1.25 bits per heavy atom. The van der Waals surface area contributed by atoms with Crippen molar-refractivity contribution < 1.29 is 18.0 Å². The summed E-state index contributed by atoms with van der Waals surface area (Å²) in [6.45, 7) is 3.13. The number of nitrogens with one attached hydrogen (secondary N) is 2. The number of alkyl halides is 3. The smallest absolute Gasteiger partial charge is 0.355 e. The van der Waals surface area contributed by atoms with E-state index in [4.69, 9.17) is 0 Å². The van der Waals surface area contributed by atoms with Crippen LogP contribution in [0.15, 0.2) is 0 Å². The van der Waals surface area contributed by atoms with Gasteiger partial charge >= 0.3 is 6.18 Å². The van der Waals surface area contributed by atoms with Gasteiger partial charge in [0, 0.05) is 6.54 Å². The highest BCUT2D eigenvalue weighted by molar-refractivity contribution is 5.77. The molecule has 0 spiro atoms. The third-order valence-electron chi connectivity index (χ3n) is 2.35. The molecule has 1 amide bonds. The molecule has 0 aromatic rings. The lowest BCUT2D eigenvalue weighted by molar-refractivity contribution is -0.128. The third-order valence-corrected chi connectivity index (χ3v) is 2.35. The zero-order valence-corrected chi connectivity index (χ0v) is 9.66. The van der Waals surface area contributed by atoms with Crippen molar-refractivity contribution in [2.24, 2.45) is 5.92 Å². The first-order valence-electron chi connectivity index (χ1n) is 5.43. The maximum Gasteiger partial charge on any atom is 0.401 e. The zero-order chi connectivity index (χ0) is 12.6. The molecule has 2 N–H and O–H groups in total. The van der Waals surface area contributed by atoms with Crippen molar-refractivity contribution in [1.29, 1.82) is 0 Å². The van der Waals surface area contributed by atoms with Crippen LogP contribution in [-0.4, -0.2) is 31.7 Å². The van der Waals surface area contributed by atoms with Crippen LogP contribution in [0.2, 0.25) is 0 Å². The molecule has 0 aliphatic carbocycles. The number of rotatable bonds is 7. The Morgan fingerprint density at radius 3 is 2.25 bits per heavy atom. The first-order chi connectivity index (χ1) is 7.39. The molecular formula is C10H19F3N2O. The Balaban J connectivity index is 3.59. The van der Waals surface area contributed by atoms with Gasteiger partial charge in [-0.1, -0.05) is 26.7 Å². The normalized spacial score (nSPS) is 11.9. The monoisotopic (exact) mass is 240 g/mol. The van der Waals surface area contributed by atoms with Crippen LogP contribution in [0.1, 0.15) is 26.7 Å². The molecular weight excluding hydrogens is 221 g/mol. The van der Waals surface area contributed by atoms with Gasteiger partial charge in [-0.2, -0.15) is 13.2 Å². The lowest BCUT2D eigenvalue weighted by Crippen LogP contribution is -2.39. The van der Waals surface area contributed by atoms with Crippen molar-refractivity contribution in [1.82, 2.24) is 10.6 Å². The minimum absolute atomic E-state index is 0.292. The van der Waals surface area contributed by atoms with Crippen LogP contribution in [0.3, 0.4) is 0 Å². The maximum absolute atomic E-state index is 11.7. The summed E-state index contributed by atoms with van der Waals surface area (Å²) in [5, 5.41) is 4.65. The summed E-state index contributed by atoms with van der Waals surface area (Å²) in [5.41, 5.74) is 0. The molecule has 0 fully saturated rings. The van der Waals surface area contributed by atoms with E-state index in [-0.39, 0.29) is 6.54 Å². The van der Waals surface area contributed by atoms with Crippen molar-refractivity contribution in [2.75, 3.05) is 19.6 Å². The van der Waals surface area contributed by atoms with Gasteiger partial charge in [0.25, 0.3) is 0 Å². The summed E-state index contributed by atoms with van der Waals surface area (Å²) in [4.78, 5) is 11.1. The van der Waals surface area contributed by atoms with Crippen LogP contribution < -0.4 is 10.6 Å². The number of halogens is 3. The van der Waals surface area contributed by atoms with Crippen LogP contribution in [-0.2, 0) is 4.79 Å². The van der Waals surface area contributed by atoms with Gasteiger partial charge in [-0.15, -0.1) is 0 Å². The average Bonchev–Trinajstić information content (AvgIpc) is 2.17. The van der Waals surface area contributed by atoms with Gasteiger partial charge in [-0.3, -0.25) is 4.79 Å². The number of hydrogen-bond donors (Lipinski definition) is 2. The SMILES string of the molecule is CCC(CC)CNC(=O)CNCC(F)(F)F. The summed E-state index contributed by atoms with van der Waals surface area (Å²) in [6, 6.07) is 0. The summed E-state index contributed by atoms with van der Waals surface area (Å²) in [5.74, 6) is 0.00251. The standard InChI is InChI=1S/C10H19F3N2O/c1-3-8(4-2)5-15-9(16)6-14-7-10(11,12)13/h8,14H,3-7H2,1-2H3,(H,15,16). The molecule has 16 heavy (non-hydrogen) atoms. The van der Waals surface area contributed by atoms with Gasteiger partial charge in [-0.05, 0) is 5.92 Å². The fourth-order valence-corrected chi connectivity index (χ4v) is 1.22. The van der Waals surface area contributed by atoms with E-state index in [2.05, 4.69) is 5.32 Å². The number of hydrogen-bond acceptors (Lipinski definition) is 2. The van der Waals surface area contributed by atoms with Crippen molar-refractivity contribution in [2.45, 2.75) is 32.9 Å². The largest absolute Gasteiger partial charge is 0.401 e. The number of carbonyl (C=O) groups excluding carboxylic acids is 1. The highest BCUT2D eigenvalue weighted by Gasteiger charge is 2.26. The molecule has 0 heterocycles. The van der Waals surface area contributed by atoms with Crippen molar-refractivity contribution in [3.8, 4) is 0 Å². The van der Waals surface area contributed by atoms with Crippen molar-refractivity contribution >= 4 is 5.91 Å². The first-order valence-corrected chi connectivity index (χ1v) is 5.43. The number of carbonyl (C=O) groups is 1. The highest BCUT2D eigenvalue weighted by atomic mass is 19.4. The average molecular weight is 240 g/mol. The Labute approximate surface area is 93.8 Å². The van der Waals surface area contributed by atoms with Crippen LogP contribution >= 0.6 is 0 Å². The van der Waals surface area contributed by atoms with E-state index < -0.39 is 18.6 Å². The minimum atomic E-state index is -4.27. The molecule has 0 aliphatic heterocycles. The van der Waals surface area contributed by atoms with Crippen LogP contribution in [0.25, 0.3) is 0 Å². The molecule has 6 heteroatoms. The van der Waals surface area contributed by atoms with E-state index in [0.717, 1.165) is 12.8 Å². The molecule has 0 radical (unpaired) electrons. The second-order valence-electron chi connectivity index (χ2n) is 3.71. The second-order valence-corrected chi connectivity index (χ2v) is 3.71. The van der Waals surface area contributed by atoms with Gasteiger partial charge in [0.15, 0.2) is 0 Å². The second kappa shape index (κ2) is 7.49.